The van der Waals surface area contributed by atoms with E-state index in [-0.39, 0.29) is 24.7 Å². The number of carbonyl (C=O) groups excluding carboxylic acids is 1. The zero-order valence-electron chi connectivity index (χ0n) is 19.8. The molecule has 6 nitrogen and oxygen atoms in total. The molecule has 0 radical (unpaired) electrons. The highest BCUT2D eigenvalue weighted by atomic mass is 35.5. The van der Waals surface area contributed by atoms with Crippen molar-refractivity contribution >= 4 is 17.5 Å². The number of benzene rings is 2. The van der Waals surface area contributed by atoms with Crippen molar-refractivity contribution in [3.8, 4) is 16.9 Å². The topological polar surface area (TPSA) is 57.7 Å². The highest BCUT2D eigenvalue weighted by Crippen LogP contribution is 2.31. The van der Waals surface area contributed by atoms with Gasteiger partial charge in [0.05, 0.1) is 11.4 Å². The molecule has 0 bridgehead atoms. The Morgan fingerprint density at radius 1 is 1.11 bits per heavy atom. The van der Waals surface area contributed by atoms with Crippen LogP contribution < -0.4 is 10.1 Å². The van der Waals surface area contributed by atoms with Gasteiger partial charge in [-0.05, 0) is 49.0 Å². The molecule has 35 heavy (non-hydrogen) atoms. The maximum Gasteiger partial charge on any atom is 0.226 e. The van der Waals surface area contributed by atoms with Crippen LogP contribution in [0.25, 0.3) is 11.1 Å². The molecule has 0 unspecified atom stereocenters. The molecule has 0 aliphatic carbocycles. The number of nitrogens with one attached hydrogen (secondary N) is 1. The minimum absolute atomic E-state index is 0.142. The molecule has 1 amide bonds. The van der Waals surface area contributed by atoms with Crippen LogP contribution >= 0.6 is 11.6 Å². The third-order valence-electron chi connectivity index (χ3n) is 6.07. The average molecular weight is 497 g/mol. The Balaban J connectivity index is 1.26. The van der Waals surface area contributed by atoms with Crippen molar-refractivity contribution in [1.82, 2.24) is 20.1 Å². The monoisotopic (exact) mass is 496 g/mol. The van der Waals surface area contributed by atoms with Crippen molar-refractivity contribution in [2.24, 2.45) is 0 Å². The van der Waals surface area contributed by atoms with Crippen LogP contribution in [0, 0.1) is 5.82 Å². The van der Waals surface area contributed by atoms with E-state index in [4.69, 9.17) is 16.3 Å². The molecule has 0 atom stereocenters. The van der Waals surface area contributed by atoms with Gasteiger partial charge in [0, 0.05) is 62.3 Å². The number of aromatic nitrogens is 1. The summed E-state index contributed by atoms with van der Waals surface area (Å²) in [6.07, 6.45) is 1.85. The van der Waals surface area contributed by atoms with Crippen LogP contribution in [0.3, 0.4) is 0 Å². The van der Waals surface area contributed by atoms with Crippen LogP contribution in [0.5, 0.6) is 5.75 Å². The predicted molar refractivity (Wildman–Crippen MR) is 136 cm³/mol. The standard InChI is InChI=1S/C27H30ClFN4O2/c1-32-9-11-33(12-10-32)13-14-35-24-7-8-25(26(28)17-24)21-5-6-23(30-19-21)16-27(34)31-18-20-3-2-4-22(29)15-20/h2-8,15,17,19H,9-14,16,18H2,1H3,(H,31,34). The zero-order valence-corrected chi connectivity index (χ0v) is 20.6. The van der Waals surface area contributed by atoms with Gasteiger partial charge in [0.1, 0.15) is 18.2 Å². The molecule has 2 heterocycles. The summed E-state index contributed by atoms with van der Waals surface area (Å²) >= 11 is 6.53. The van der Waals surface area contributed by atoms with E-state index in [1.807, 2.05) is 30.3 Å². The number of rotatable bonds is 9. The van der Waals surface area contributed by atoms with Crippen molar-refractivity contribution in [3.05, 3.63) is 82.9 Å². The van der Waals surface area contributed by atoms with Crippen molar-refractivity contribution < 1.29 is 13.9 Å². The number of hydrogen-bond donors (Lipinski definition) is 1. The molecule has 0 saturated carbocycles. The first-order valence-corrected chi connectivity index (χ1v) is 12.1. The number of hydrogen-bond acceptors (Lipinski definition) is 5. The summed E-state index contributed by atoms with van der Waals surface area (Å²) < 4.78 is 19.2. The smallest absolute Gasteiger partial charge is 0.226 e. The lowest BCUT2D eigenvalue weighted by Gasteiger charge is -2.32. The molecular weight excluding hydrogens is 467 g/mol. The molecular formula is C27H30ClFN4O2. The minimum atomic E-state index is -0.321. The number of pyridine rings is 1. The summed E-state index contributed by atoms with van der Waals surface area (Å²) in [4.78, 5) is 21.4. The summed E-state index contributed by atoms with van der Waals surface area (Å²) in [5.41, 5.74) is 3.07. The molecule has 8 heteroatoms. The fourth-order valence-electron chi connectivity index (χ4n) is 3.95. The molecule has 0 spiro atoms. The largest absolute Gasteiger partial charge is 0.492 e. The number of likely N-dealkylation sites (N-methyl/N-ethyl adjacent to an activating group) is 1. The second-order valence-corrected chi connectivity index (χ2v) is 9.16. The third kappa shape index (κ3) is 7.49. The van der Waals surface area contributed by atoms with Crippen LogP contribution in [0.1, 0.15) is 11.3 Å². The minimum Gasteiger partial charge on any atom is -0.492 e. The Morgan fingerprint density at radius 2 is 1.94 bits per heavy atom. The lowest BCUT2D eigenvalue weighted by atomic mass is 10.1. The van der Waals surface area contributed by atoms with E-state index < -0.39 is 0 Å². The number of amides is 1. The molecule has 1 N–H and O–H groups in total. The van der Waals surface area contributed by atoms with E-state index in [0.717, 1.165) is 49.6 Å². The van der Waals surface area contributed by atoms with Crippen LogP contribution in [0.4, 0.5) is 4.39 Å². The highest BCUT2D eigenvalue weighted by molar-refractivity contribution is 6.33. The molecule has 1 aliphatic heterocycles. The average Bonchev–Trinajstić information content (AvgIpc) is 2.85. The number of piperazine rings is 1. The third-order valence-corrected chi connectivity index (χ3v) is 6.38. The first kappa shape index (κ1) is 25.1. The summed E-state index contributed by atoms with van der Waals surface area (Å²) in [5.74, 6) is 0.246. The Hall–Kier alpha value is -3.00. The van der Waals surface area contributed by atoms with Gasteiger partial charge in [-0.15, -0.1) is 0 Å². The zero-order chi connectivity index (χ0) is 24.6. The number of ether oxygens (including phenoxy) is 1. The maximum atomic E-state index is 13.3. The second-order valence-electron chi connectivity index (χ2n) is 8.76. The van der Waals surface area contributed by atoms with Crippen molar-refractivity contribution in [3.63, 3.8) is 0 Å². The van der Waals surface area contributed by atoms with E-state index in [2.05, 4.69) is 27.1 Å². The van der Waals surface area contributed by atoms with Gasteiger partial charge in [-0.2, -0.15) is 0 Å². The van der Waals surface area contributed by atoms with E-state index >= 15 is 0 Å². The summed E-state index contributed by atoms with van der Waals surface area (Å²) in [7, 11) is 2.15. The molecule has 1 aromatic heterocycles. The fourth-order valence-corrected chi connectivity index (χ4v) is 4.23. The van der Waals surface area contributed by atoms with Crippen LogP contribution in [-0.4, -0.2) is 67.1 Å². The summed E-state index contributed by atoms with van der Waals surface area (Å²) in [6.45, 7) is 6.10. The van der Waals surface area contributed by atoms with Gasteiger partial charge in [-0.25, -0.2) is 4.39 Å². The fraction of sp³-hybridized carbons (Fsp3) is 0.333. The van der Waals surface area contributed by atoms with E-state index in [1.54, 1.807) is 18.3 Å². The number of halogens is 2. The van der Waals surface area contributed by atoms with Gasteiger partial charge < -0.3 is 15.0 Å². The molecule has 4 rings (SSSR count). The van der Waals surface area contributed by atoms with E-state index in [1.165, 1.54) is 12.1 Å². The molecule has 2 aromatic carbocycles. The molecule has 3 aromatic rings. The van der Waals surface area contributed by atoms with Gasteiger partial charge in [0.15, 0.2) is 0 Å². The maximum absolute atomic E-state index is 13.3. The van der Waals surface area contributed by atoms with Crippen LogP contribution in [-0.2, 0) is 17.8 Å². The van der Waals surface area contributed by atoms with Gasteiger partial charge >= 0.3 is 0 Å². The van der Waals surface area contributed by atoms with Crippen molar-refractivity contribution in [2.75, 3.05) is 46.4 Å². The Kier molecular flexibility index (Phi) is 8.69. The van der Waals surface area contributed by atoms with Gasteiger partial charge in [0.2, 0.25) is 5.91 Å². The lowest BCUT2D eigenvalue weighted by molar-refractivity contribution is -0.120. The lowest BCUT2D eigenvalue weighted by Crippen LogP contribution is -2.45. The summed E-state index contributed by atoms with van der Waals surface area (Å²) in [6, 6.07) is 15.5. The van der Waals surface area contributed by atoms with Gasteiger partial charge in [-0.3, -0.25) is 14.7 Å². The van der Waals surface area contributed by atoms with Gasteiger partial charge in [0.25, 0.3) is 0 Å². The first-order valence-electron chi connectivity index (χ1n) is 11.8. The van der Waals surface area contributed by atoms with E-state index in [0.29, 0.717) is 22.9 Å². The van der Waals surface area contributed by atoms with Crippen molar-refractivity contribution in [1.29, 1.82) is 0 Å². The predicted octanol–water partition coefficient (Wildman–Crippen LogP) is 4.03. The number of nitrogens with zero attached hydrogens (tertiary/aromatic N) is 3. The summed E-state index contributed by atoms with van der Waals surface area (Å²) in [5, 5.41) is 3.38. The molecule has 1 saturated heterocycles. The SMILES string of the molecule is CN1CCN(CCOc2ccc(-c3ccc(CC(=O)NCc4cccc(F)c4)nc3)c(Cl)c2)CC1. The Morgan fingerprint density at radius 3 is 2.66 bits per heavy atom. The van der Waals surface area contributed by atoms with E-state index in [9.17, 15) is 9.18 Å². The number of carbonyl (C=O) groups is 1. The van der Waals surface area contributed by atoms with Crippen LogP contribution in [0.15, 0.2) is 60.8 Å². The molecule has 1 fully saturated rings. The molecule has 1 aliphatic rings. The highest BCUT2D eigenvalue weighted by Gasteiger charge is 2.14. The van der Waals surface area contributed by atoms with Gasteiger partial charge in [-0.1, -0.05) is 29.8 Å². The quantitative estimate of drug-likeness (QED) is 0.485. The Bertz CT molecular complexity index is 1130. The normalized spacial score (nSPS) is 14.6. The Labute approximate surface area is 210 Å². The van der Waals surface area contributed by atoms with Crippen molar-refractivity contribution in [2.45, 2.75) is 13.0 Å². The van der Waals surface area contributed by atoms with Crippen LogP contribution in [0.2, 0.25) is 5.02 Å². The second kappa shape index (κ2) is 12.1. The first-order chi connectivity index (χ1) is 17.0. The molecule has 184 valence electrons.